The lowest BCUT2D eigenvalue weighted by atomic mass is 9.75. The second kappa shape index (κ2) is 9.03. The summed E-state index contributed by atoms with van der Waals surface area (Å²) in [5, 5.41) is 3.10. The summed E-state index contributed by atoms with van der Waals surface area (Å²) in [7, 11) is 5.38. The minimum absolute atomic E-state index is 0.0827. The lowest BCUT2D eigenvalue weighted by molar-refractivity contribution is -0.125. The third kappa shape index (κ3) is 10.1. The summed E-state index contributed by atoms with van der Waals surface area (Å²) >= 11 is 0. The minimum atomic E-state index is -0.573. The number of carbonyl (C=O) groups excluding carboxylic acids is 2. The van der Waals surface area contributed by atoms with Crippen LogP contribution in [-0.4, -0.2) is 37.2 Å². The molecule has 5 heteroatoms. The molecule has 0 saturated heterocycles. The number of rotatable bonds is 11. The van der Waals surface area contributed by atoms with Crippen molar-refractivity contribution in [1.82, 2.24) is 5.32 Å². The predicted molar refractivity (Wildman–Crippen MR) is 100 cm³/mol. The Labute approximate surface area is 149 Å². The molecule has 0 rings (SSSR count). The number of ether oxygens (including phenoxy) is 1. The lowest BCUT2D eigenvalue weighted by Crippen LogP contribution is -2.48. The molecule has 0 aliphatic rings. The topological polar surface area (TPSA) is 55.4 Å². The van der Waals surface area contributed by atoms with Crippen LogP contribution in [0.4, 0.5) is 0 Å². The van der Waals surface area contributed by atoms with Crippen molar-refractivity contribution in [2.45, 2.75) is 92.2 Å². The molecule has 0 saturated carbocycles. The van der Waals surface area contributed by atoms with Crippen LogP contribution in [0.5, 0.6) is 0 Å². The van der Waals surface area contributed by atoms with Gasteiger partial charge in [-0.1, -0.05) is 27.7 Å². The Morgan fingerprint density at radius 2 is 1.62 bits per heavy atom. The Hall–Kier alpha value is -0.835. The van der Waals surface area contributed by atoms with E-state index in [2.05, 4.69) is 19.2 Å². The molecule has 0 heterocycles. The molecule has 4 nitrogen and oxygen atoms in total. The van der Waals surface area contributed by atoms with Gasteiger partial charge < -0.3 is 14.8 Å². The van der Waals surface area contributed by atoms with Crippen molar-refractivity contribution < 1.29 is 14.3 Å². The quantitative estimate of drug-likeness (QED) is 0.586. The van der Waals surface area contributed by atoms with Crippen LogP contribution in [0.2, 0.25) is 0 Å². The summed E-state index contributed by atoms with van der Waals surface area (Å²) in [5.41, 5.74) is -1.64. The van der Waals surface area contributed by atoms with Crippen LogP contribution in [0.1, 0.15) is 81.1 Å². The largest absolute Gasteiger partial charge is 0.375 e. The molecule has 2 radical (unpaired) electrons. The summed E-state index contributed by atoms with van der Waals surface area (Å²) in [6, 6.07) is 0. The molecule has 1 amide bonds. The number of hydrogen-bond acceptors (Lipinski definition) is 3. The highest BCUT2D eigenvalue weighted by Gasteiger charge is 2.31. The van der Waals surface area contributed by atoms with Gasteiger partial charge in [-0.3, -0.25) is 4.79 Å². The van der Waals surface area contributed by atoms with Crippen molar-refractivity contribution in [3.63, 3.8) is 0 Å². The number of amides is 1. The van der Waals surface area contributed by atoms with Gasteiger partial charge in [-0.2, -0.15) is 0 Å². The average molecular weight is 337 g/mol. The van der Waals surface area contributed by atoms with E-state index in [0.29, 0.717) is 31.8 Å². The number of hydrogen-bond donors (Lipinski definition) is 1. The highest BCUT2D eigenvalue weighted by atomic mass is 16.5. The van der Waals surface area contributed by atoms with Crippen LogP contribution in [0.15, 0.2) is 0 Å². The molecule has 1 N–H and O–H groups in total. The van der Waals surface area contributed by atoms with Crippen molar-refractivity contribution in [2.75, 3.05) is 6.61 Å². The summed E-state index contributed by atoms with van der Waals surface area (Å²) in [4.78, 5) is 23.4. The minimum Gasteiger partial charge on any atom is -0.375 e. The maximum absolute atomic E-state index is 12.1. The van der Waals surface area contributed by atoms with E-state index in [1.54, 1.807) is 0 Å². The molecule has 138 valence electrons. The van der Waals surface area contributed by atoms with Crippen LogP contribution >= 0.6 is 0 Å². The zero-order valence-electron chi connectivity index (χ0n) is 16.9. The molecule has 0 aromatic carbocycles. The second-order valence-corrected chi connectivity index (χ2v) is 9.15. The molecule has 0 spiro atoms. The summed E-state index contributed by atoms with van der Waals surface area (Å²) in [6.45, 7) is 16.4. The van der Waals surface area contributed by atoms with E-state index in [4.69, 9.17) is 12.6 Å². The van der Waals surface area contributed by atoms with Crippen molar-refractivity contribution in [3.05, 3.63) is 0 Å². The third-order valence-corrected chi connectivity index (χ3v) is 4.18. The van der Waals surface area contributed by atoms with Gasteiger partial charge in [0.1, 0.15) is 0 Å². The van der Waals surface area contributed by atoms with Gasteiger partial charge in [-0.25, -0.2) is 0 Å². The van der Waals surface area contributed by atoms with Crippen molar-refractivity contribution in [1.29, 1.82) is 0 Å². The normalized spacial score (nSPS) is 13.2. The first-order chi connectivity index (χ1) is 10.7. The fraction of sp³-hybridized carbons (Fsp3) is 0.895. The van der Waals surface area contributed by atoms with Gasteiger partial charge in [0.15, 0.2) is 7.85 Å². The Bertz CT molecular complexity index is 428. The van der Waals surface area contributed by atoms with Crippen molar-refractivity contribution >= 4 is 19.4 Å². The van der Waals surface area contributed by atoms with Gasteiger partial charge in [0.2, 0.25) is 5.91 Å². The number of carbonyl (C=O) groups is 2. The second-order valence-electron chi connectivity index (χ2n) is 9.15. The van der Waals surface area contributed by atoms with Gasteiger partial charge in [0.25, 0.3) is 0 Å². The van der Waals surface area contributed by atoms with E-state index >= 15 is 0 Å². The predicted octanol–water partition coefficient (Wildman–Crippen LogP) is 3.61. The van der Waals surface area contributed by atoms with E-state index in [1.807, 2.05) is 41.5 Å². The zero-order chi connectivity index (χ0) is 19.2. The first-order valence-corrected chi connectivity index (χ1v) is 8.92. The maximum Gasteiger partial charge on any atom is 0.220 e. The molecular formula is C19H36BNO3. The molecule has 0 aromatic heterocycles. The van der Waals surface area contributed by atoms with E-state index < -0.39 is 11.0 Å². The standard InChI is InChI=1S/C19H36BNO3/c1-14(2)9-10-15(22)21-18(5,6)13-19(7,8)24-12-11-17(3,4)16(20)23/h14H,9-13H2,1-8H3,(H,21,22). The van der Waals surface area contributed by atoms with Crippen LogP contribution in [0, 0.1) is 11.3 Å². The van der Waals surface area contributed by atoms with Crippen LogP contribution in [0.3, 0.4) is 0 Å². The Kier molecular flexibility index (Phi) is 8.71. The fourth-order valence-corrected chi connectivity index (χ4v) is 2.72. The Morgan fingerprint density at radius 1 is 1.08 bits per heavy atom. The molecular weight excluding hydrogens is 301 g/mol. The summed E-state index contributed by atoms with van der Waals surface area (Å²) < 4.78 is 5.97. The van der Waals surface area contributed by atoms with E-state index in [1.165, 1.54) is 0 Å². The Morgan fingerprint density at radius 3 is 2.08 bits per heavy atom. The van der Waals surface area contributed by atoms with Gasteiger partial charge in [0.05, 0.1) is 11.3 Å². The van der Waals surface area contributed by atoms with Crippen LogP contribution < -0.4 is 5.32 Å². The maximum atomic E-state index is 12.1. The molecule has 0 fully saturated rings. The first-order valence-electron chi connectivity index (χ1n) is 8.92. The smallest absolute Gasteiger partial charge is 0.220 e. The average Bonchev–Trinajstić information content (AvgIpc) is 2.33. The SMILES string of the molecule is [B]C(=O)C(C)(C)CCOC(C)(C)CC(C)(C)NC(=O)CCC(C)C. The van der Waals surface area contributed by atoms with Gasteiger partial charge in [-0.05, 0) is 52.9 Å². The van der Waals surface area contributed by atoms with Crippen molar-refractivity contribution in [2.24, 2.45) is 11.3 Å². The third-order valence-electron chi connectivity index (χ3n) is 4.18. The summed E-state index contributed by atoms with van der Waals surface area (Å²) in [6.07, 6.45) is 2.70. The van der Waals surface area contributed by atoms with Crippen LogP contribution in [0.25, 0.3) is 0 Å². The molecule has 0 aromatic rings. The van der Waals surface area contributed by atoms with Crippen LogP contribution in [-0.2, 0) is 14.3 Å². The molecule has 0 unspecified atom stereocenters. The molecule has 0 aliphatic heterocycles. The molecule has 0 aliphatic carbocycles. The molecule has 0 atom stereocenters. The van der Waals surface area contributed by atoms with Crippen molar-refractivity contribution in [3.8, 4) is 0 Å². The number of nitrogens with one attached hydrogen (secondary N) is 1. The Balaban J connectivity index is 4.44. The monoisotopic (exact) mass is 337 g/mol. The fourth-order valence-electron chi connectivity index (χ4n) is 2.72. The first kappa shape index (κ1) is 23.2. The van der Waals surface area contributed by atoms with E-state index in [-0.39, 0.29) is 17.1 Å². The van der Waals surface area contributed by atoms with E-state index in [9.17, 15) is 9.59 Å². The molecule has 24 heavy (non-hydrogen) atoms. The zero-order valence-corrected chi connectivity index (χ0v) is 16.9. The van der Waals surface area contributed by atoms with Gasteiger partial charge in [0, 0.05) is 24.0 Å². The molecule has 0 bridgehead atoms. The highest BCUT2D eigenvalue weighted by Crippen LogP contribution is 2.26. The van der Waals surface area contributed by atoms with E-state index in [0.717, 1.165) is 6.42 Å². The lowest BCUT2D eigenvalue weighted by Gasteiger charge is -2.36. The van der Waals surface area contributed by atoms with Gasteiger partial charge >= 0.3 is 0 Å². The highest BCUT2D eigenvalue weighted by molar-refractivity contribution is 6.58. The summed E-state index contributed by atoms with van der Waals surface area (Å²) in [5.74, 6) is 0.603. The van der Waals surface area contributed by atoms with Gasteiger partial charge in [-0.15, -0.1) is 0 Å².